The Labute approximate surface area is 269 Å². The normalized spacial score (nSPS) is 11.1. The molecule has 19 nitrogen and oxygen atoms in total. The first-order valence-corrected chi connectivity index (χ1v) is 16.3. The molecule has 0 aliphatic carbocycles. The van der Waals surface area contributed by atoms with Crippen LogP contribution in [0.25, 0.3) is 16.2 Å². The van der Waals surface area contributed by atoms with Crippen LogP contribution >= 0.6 is 0 Å². The molecule has 4 rings (SSSR count). The summed E-state index contributed by atoms with van der Waals surface area (Å²) in [6.07, 6.45) is -0.261. The molecule has 2 heterocycles. The number of benzene rings is 2. The second kappa shape index (κ2) is 15.1. The molecular formula is C26H29N10O9S2-. The number of esters is 2. The van der Waals surface area contributed by atoms with Gasteiger partial charge in [0.15, 0.2) is 0 Å². The average molecular weight is 691 g/mol. The summed E-state index contributed by atoms with van der Waals surface area (Å²) in [7, 11) is -7.65. The molecule has 0 fully saturated rings. The first kappa shape index (κ1) is 35.9. The minimum atomic E-state index is -3.84. The Bertz CT molecular complexity index is 2040. The smallest absolute Gasteiger partial charge is 0.378 e. The highest BCUT2D eigenvalue weighted by Gasteiger charge is 2.21. The predicted octanol–water partition coefficient (Wildman–Crippen LogP) is -0.258. The molecule has 0 radical (unpaired) electrons. The molecule has 21 heteroatoms. The van der Waals surface area contributed by atoms with Crippen LogP contribution in [0.15, 0.2) is 58.3 Å². The monoisotopic (exact) mass is 690 g/mol. The Kier molecular flexibility index (Phi) is 11.6. The van der Waals surface area contributed by atoms with Gasteiger partial charge in [0.05, 0.1) is 40.8 Å². The van der Waals surface area contributed by atoms with Gasteiger partial charge in [0.1, 0.15) is 5.82 Å². The second-order valence-electron chi connectivity index (χ2n) is 9.00. The lowest BCUT2D eigenvalue weighted by atomic mass is 10.3. The van der Waals surface area contributed by atoms with E-state index in [1.807, 2.05) is 0 Å². The molecule has 0 bridgehead atoms. The van der Waals surface area contributed by atoms with E-state index in [-0.39, 0.29) is 60.7 Å². The molecule has 0 saturated carbocycles. The standard InChI is InChI=1S/C13H15N5O5S.C13H13N5O4S.H/c1-2-23-13(20)12-16-11(7-10(14)19)18(17-12)8-3-5-9(6-4-8)24(15,21)22;1-3-22-13(19)12-16-11(8-15-2)18(17-12)9-4-6-10(7-5-9)23(14,20)21;/h3-6H,2,7H2,1H3,(H2,14,19)(H2,15,21,22);4-7H,3,8H2,1H3,(H2,14,20,21);/q;;-1/i;;1+1. The van der Waals surface area contributed by atoms with Gasteiger partial charge >= 0.3 is 11.9 Å². The summed E-state index contributed by atoms with van der Waals surface area (Å²) in [4.78, 5) is 45.6. The zero-order valence-electron chi connectivity index (χ0n) is 25.8. The summed E-state index contributed by atoms with van der Waals surface area (Å²) >= 11 is 0. The van der Waals surface area contributed by atoms with Gasteiger partial charge in [0.25, 0.3) is 18.2 Å². The number of primary amides is 1. The molecule has 250 valence electrons. The Morgan fingerprint density at radius 1 is 0.766 bits per heavy atom. The van der Waals surface area contributed by atoms with Crippen molar-refractivity contribution in [3.63, 3.8) is 0 Å². The van der Waals surface area contributed by atoms with E-state index in [1.165, 1.54) is 57.9 Å². The van der Waals surface area contributed by atoms with Crippen molar-refractivity contribution in [3.8, 4) is 11.4 Å². The Hall–Kier alpha value is -5.56. The maximum Gasteiger partial charge on any atom is 0.378 e. The van der Waals surface area contributed by atoms with Gasteiger partial charge in [-0.25, -0.2) is 57.6 Å². The van der Waals surface area contributed by atoms with E-state index in [0.717, 1.165) is 0 Å². The fourth-order valence-corrected chi connectivity index (χ4v) is 4.69. The van der Waals surface area contributed by atoms with Crippen molar-refractivity contribution in [2.24, 2.45) is 16.0 Å². The Balaban J connectivity index is 0.000000327. The molecular weight excluding hydrogens is 660 g/mol. The zero-order chi connectivity index (χ0) is 34.9. The van der Waals surface area contributed by atoms with Gasteiger partial charge in [-0.2, -0.15) is 4.98 Å². The summed E-state index contributed by atoms with van der Waals surface area (Å²) < 4.78 is 57.2. The number of aromatic nitrogens is 6. The fraction of sp³-hybridized carbons (Fsp3) is 0.231. The number of rotatable bonds is 11. The van der Waals surface area contributed by atoms with Crippen LogP contribution in [-0.2, 0) is 47.3 Å². The van der Waals surface area contributed by atoms with E-state index >= 15 is 0 Å². The first-order valence-electron chi connectivity index (χ1n) is 13.2. The minimum absolute atomic E-state index is 0. The van der Waals surface area contributed by atoms with Crippen molar-refractivity contribution >= 4 is 37.9 Å². The summed E-state index contributed by atoms with van der Waals surface area (Å²) in [5.74, 6) is -2.15. The lowest BCUT2D eigenvalue weighted by Crippen LogP contribution is -2.17. The van der Waals surface area contributed by atoms with Crippen LogP contribution < -0.4 is 16.0 Å². The molecule has 0 unspecified atom stereocenters. The van der Waals surface area contributed by atoms with E-state index in [0.29, 0.717) is 11.4 Å². The lowest BCUT2D eigenvalue weighted by Gasteiger charge is -2.05. The number of hydrogen-bond acceptors (Lipinski definition) is 13. The van der Waals surface area contributed by atoms with Crippen LogP contribution in [0.1, 0.15) is 48.2 Å². The number of amides is 1. The average Bonchev–Trinajstić information content (AvgIpc) is 3.62. The predicted molar refractivity (Wildman–Crippen MR) is 162 cm³/mol. The molecule has 0 aliphatic heterocycles. The van der Waals surface area contributed by atoms with Crippen LogP contribution in [0.2, 0.25) is 0 Å². The van der Waals surface area contributed by atoms with Crippen molar-refractivity contribution in [3.05, 3.63) is 83.2 Å². The summed E-state index contributed by atoms with van der Waals surface area (Å²) in [6.45, 7) is 10.5. The lowest BCUT2D eigenvalue weighted by molar-refractivity contribution is -0.117. The van der Waals surface area contributed by atoms with Crippen LogP contribution in [-0.4, -0.2) is 77.4 Å². The molecule has 6 N–H and O–H groups in total. The maximum atomic E-state index is 11.7. The highest BCUT2D eigenvalue weighted by molar-refractivity contribution is 7.89. The molecule has 0 saturated heterocycles. The first-order chi connectivity index (χ1) is 22.1. The Morgan fingerprint density at radius 2 is 1.15 bits per heavy atom. The minimum Gasteiger partial charge on any atom is -1.00 e. The molecule has 47 heavy (non-hydrogen) atoms. The third-order valence-electron chi connectivity index (χ3n) is 5.64. The summed E-state index contributed by atoms with van der Waals surface area (Å²) in [5.41, 5.74) is 5.98. The molecule has 1 amide bonds. The van der Waals surface area contributed by atoms with Gasteiger partial charge in [-0.05, 0) is 62.4 Å². The van der Waals surface area contributed by atoms with Gasteiger partial charge in [-0.3, -0.25) is 4.79 Å². The Morgan fingerprint density at radius 3 is 1.49 bits per heavy atom. The number of primary sulfonamides is 2. The van der Waals surface area contributed by atoms with Crippen molar-refractivity contribution < 1.29 is 42.1 Å². The molecule has 0 atom stereocenters. The van der Waals surface area contributed by atoms with Crippen LogP contribution in [0, 0.1) is 6.57 Å². The number of ether oxygens (including phenoxy) is 2. The number of nitrogens with zero attached hydrogens (tertiary/aromatic N) is 7. The number of carbonyl (C=O) groups excluding carboxylic acids is 3. The van der Waals surface area contributed by atoms with Gasteiger partial charge in [-0.1, -0.05) is 0 Å². The third-order valence-corrected chi connectivity index (χ3v) is 7.50. The van der Waals surface area contributed by atoms with Crippen molar-refractivity contribution in [1.82, 2.24) is 29.5 Å². The van der Waals surface area contributed by atoms with Crippen molar-refractivity contribution in [2.75, 3.05) is 13.2 Å². The molecule has 0 spiro atoms. The van der Waals surface area contributed by atoms with E-state index in [2.05, 4.69) is 25.0 Å². The van der Waals surface area contributed by atoms with Crippen molar-refractivity contribution in [1.29, 1.82) is 0 Å². The quantitative estimate of drug-likeness (QED) is 0.135. The molecule has 2 aromatic carbocycles. The maximum absolute atomic E-state index is 11.7. The van der Waals surface area contributed by atoms with Crippen LogP contribution in [0.5, 0.6) is 0 Å². The van der Waals surface area contributed by atoms with E-state index < -0.39 is 37.9 Å². The van der Waals surface area contributed by atoms with Gasteiger partial charge < -0.3 is 21.5 Å². The largest absolute Gasteiger partial charge is 1.00 e. The van der Waals surface area contributed by atoms with Crippen LogP contribution in [0.4, 0.5) is 0 Å². The number of hydrogen-bond donors (Lipinski definition) is 3. The van der Waals surface area contributed by atoms with E-state index in [9.17, 15) is 31.2 Å². The van der Waals surface area contributed by atoms with Crippen molar-refractivity contribution in [2.45, 2.75) is 36.6 Å². The summed E-state index contributed by atoms with van der Waals surface area (Å²) in [6, 6.07) is 10.9. The molecule has 2 aromatic heterocycles. The zero-order valence-corrected chi connectivity index (χ0v) is 26.4. The fourth-order valence-electron chi connectivity index (χ4n) is 3.66. The highest BCUT2D eigenvalue weighted by Crippen LogP contribution is 2.16. The number of nitrogens with two attached hydrogens (primary N) is 3. The SMILES string of the molecule is CCOC(=O)c1nc(CC(N)=O)n(-c2ccc(S(N)(=O)=O)cc2)n1.[2H-].[C-]#[N+]Cc1nc(C(=O)OCC)nn1-c1ccc(S(N)(=O)=O)cc1. The van der Waals surface area contributed by atoms with Gasteiger partial charge in [-0.15, -0.1) is 10.2 Å². The molecule has 4 aromatic rings. The molecule has 0 aliphatic rings. The van der Waals surface area contributed by atoms with Gasteiger partial charge in [0.2, 0.25) is 31.8 Å². The number of sulfonamides is 2. The van der Waals surface area contributed by atoms with E-state index in [1.54, 1.807) is 13.8 Å². The topological polar surface area (TPSA) is 282 Å². The number of carbonyl (C=O) groups is 3. The summed E-state index contributed by atoms with van der Waals surface area (Å²) in [5, 5.41) is 18.1. The van der Waals surface area contributed by atoms with Crippen LogP contribution in [0.3, 0.4) is 0 Å². The highest BCUT2D eigenvalue weighted by atomic mass is 32.2. The second-order valence-corrected chi connectivity index (χ2v) is 12.1. The third kappa shape index (κ3) is 9.47. The van der Waals surface area contributed by atoms with E-state index in [4.69, 9.17) is 32.1 Å². The van der Waals surface area contributed by atoms with Gasteiger partial charge in [0, 0.05) is 0 Å².